The number of carbonyl (C=O) groups excluding carboxylic acids is 1. The molecule has 0 aromatic carbocycles. The highest BCUT2D eigenvalue weighted by Gasteiger charge is 2.25. The zero-order valence-electron chi connectivity index (χ0n) is 17.6. The van der Waals surface area contributed by atoms with Crippen LogP contribution >= 0.6 is 0 Å². The van der Waals surface area contributed by atoms with E-state index in [4.69, 9.17) is 5.11 Å². The lowest BCUT2D eigenvalue weighted by Crippen LogP contribution is -2.23. The van der Waals surface area contributed by atoms with Crippen LogP contribution in [0.1, 0.15) is 118 Å². The molecule has 154 valence electrons. The summed E-state index contributed by atoms with van der Waals surface area (Å²) >= 11 is 0. The van der Waals surface area contributed by atoms with Crippen LogP contribution in [0, 0.1) is 5.41 Å². The molecule has 2 N–H and O–H groups in total. The quantitative estimate of drug-likeness (QED) is 0.313. The molecule has 0 aromatic heterocycles. The Morgan fingerprint density at radius 2 is 1.04 bits per heavy atom. The molecule has 0 atom stereocenters. The van der Waals surface area contributed by atoms with E-state index in [1.165, 1.54) is 0 Å². The average Bonchev–Trinajstić information content (AvgIpc) is 2.51. The summed E-state index contributed by atoms with van der Waals surface area (Å²) < 4.78 is 0. The van der Waals surface area contributed by atoms with Crippen molar-refractivity contribution in [3.63, 3.8) is 0 Å². The molecule has 0 aromatic rings. The largest absolute Gasteiger partial charge is 0.481 e. The van der Waals surface area contributed by atoms with E-state index >= 15 is 0 Å². The van der Waals surface area contributed by atoms with E-state index in [9.17, 15) is 14.7 Å². The van der Waals surface area contributed by atoms with Crippen molar-refractivity contribution in [3.8, 4) is 0 Å². The van der Waals surface area contributed by atoms with Crippen molar-refractivity contribution in [2.24, 2.45) is 5.41 Å². The van der Waals surface area contributed by atoms with Crippen LogP contribution in [0.25, 0.3) is 0 Å². The van der Waals surface area contributed by atoms with E-state index in [-0.39, 0.29) is 0 Å². The van der Waals surface area contributed by atoms with Gasteiger partial charge in [0.25, 0.3) is 0 Å². The number of rotatable bonds is 17. The van der Waals surface area contributed by atoms with Crippen LogP contribution in [0.2, 0.25) is 0 Å². The van der Waals surface area contributed by atoms with Crippen molar-refractivity contribution in [2.75, 3.05) is 0 Å². The second-order valence-electron chi connectivity index (χ2n) is 9.08. The third-order valence-electron chi connectivity index (χ3n) is 5.08. The minimum atomic E-state index is -0.722. The van der Waals surface area contributed by atoms with Crippen LogP contribution in [0.5, 0.6) is 0 Å². The number of hydrogen-bond acceptors (Lipinski definition) is 3. The fourth-order valence-electron chi connectivity index (χ4n) is 3.06. The first kappa shape index (κ1) is 25.1. The Morgan fingerprint density at radius 3 is 1.46 bits per heavy atom. The highest BCUT2D eigenvalue weighted by atomic mass is 16.4. The lowest BCUT2D eigenvalue weighted by Gasteiger charge is -2.18. The van der Waals surface area contributed by atoms with Gasteiger partial charge < -0.3 is 10.2 Å². The first-order chi connectivity index (χ1) is 12.0. The maximum absolute atomic E-state index is 11.9. The monoisotopic (exact) mass is 370 g/mol. The molecule has 0 aliphatic heterocycles. The van der Waals surface area contributed by atoms with Crippen LogP contribution in [0.3, 0.4) is 0 Å². The highest BCUT2D eigenvalue weighted by molar-refractivity contribution is 5.78. The Bertz CT molecular complexity index is 393. The van der Waals surface area contributed by atoms with Gasteiger partial charge in [-0.3, -0.25) is 9.59 Å². The number of ketones is 1. The molecule has 0 rings (SSSR count). The van der Waals surface area contributed by atoms with E-state index in [2.05, 4.69) is 0 Å². The zero-order chi connectivity index (χ0) is 20.1. The molecule has 0 aliphatic rings. The van der Waals surface area contributed by atoms with E-state index in [0.29, 0.717) is 18.6 Å². The van der Waals surface area contributed by atoms with Crippen molar-refractivity contribution in [1.29, 1.82) is 0 Å². The molecule has 0 unspecified atom stereocenters. The number of hydrogen-bond donors (Lipinski definition) is 2. The molecule has 0 amide bonds. The van der Waals surface area contributed by atoms with Crippen LogP contribution in [0.4, 0.5) is 0 Å². The summed E-state index contributed by atoms with van der Waals surface area (Å²) in [4.78, 5) is 22.9. The molecule has 0 aliphatic carbocycles. The van der Waals surface area contributed by atoms with Crippen molar-refractivity contribution in [3.05, 3.63) is 0 Å². The Hall–Kier alpha value is -0.900. The number of aliphatic hydroxyl groups is 1. The summed E-state index contributed by atoms with van der Waals surface area (Å²) in [7, 11) is 0. The van der Waals surface area contributed by atoms with Crippen LogP contribution in [-0.4, -0.2) is 27.6 Å². The summed E-state index contributed by atoms with van der Waals surface area (Å²) in [5, 5.41) is 18.7. The van der Waals surface area contributed by atoms with E-state index in [1.807, 2.05) is 13.8 Å². The van der Waals surface area contributed by atoms with Crippen molar-refractivity contribution >= 4 is 11.8 Å². The molecule has 0 heterocycles. The standard InChI is InChI=1S/C22H42O4/c1-21(2,20(24)25)17-13-9-5-7-11-15-19(23)16-12-8-6-10-14-18-22(3,4)26/h26H,5-18H2,1-4H3,(H,24,25). The SMILES string of the molecule is CC(C)(O)CCCCCCCC(=O)CCCCCCCC(C)(C)C(=O)O. The summed E-state index contributed by atoms with van der Waals surface area (Å²) in [5.74, 6) is -0.339. The second-order valence-corrected chi connectivity index (χ2v) is 9.08. The van der Waals surface area contributed by atoms with Gasteiger partial charge in [-0.25, -0.2) is 0 Å². The fraction of sp³-hybridized carbons (Fsp3) is 0.909. The molecule has 26 heavy (non-hydrogen) atoms. The lowest BCUT2D eigenvalue weighted by atomic mass is 9.87. The number of carboxylic acid groups (broad SMARTS) is 1. The third kappa shape index (κ3) is 15.4. The Labute approximate surface area is 160 Å². The van der Waals surface area contributed by atoms with Gasteiger partial charge in [0, 0.05) is 12.8 Å². The maximum atomic E-state index is 11.9. The first-order valence-corrected chi connectivity index (χ1v) is 10.5. The normalized spacial score (nSPS) is 12.3. The van der Waals surface area contributed by atoms with Gasteiger partial charge in [0.1, 0.15) is 5.78 Å². The summed E-state index contributed by atoms with van der Waals surface area (Å²) in [6.45, 7) is 7.26. The third-order valence-corrected chi connectivity index (χ3v) is 5.08. The Kier molecular flexibility index (Phi) is 12.8. The number of Topliss-reactive ketones (excluding diaryl/α,β-unsaturated/α-hetero) is 1. The smallest absolute Gasteiger partial charge is 0.309 e. The molecule has 4 nitrogen and oxygen atoms in total. The van der Waals surface area contributed by atoms with Gasteiger partial charge in [0.05, 0.1) is 11.0 Å². The molecular weight excluding hydrogens is 328 g/mol. The fourth-order valence-corrected chi connectivity index (χ4v) is 3.06. The van der Waals surface area contributed by atoms with E-state index in [1.54, 1.807) is 13.8 Å². The number of aliphatic carboxylic acids is 1. The molecule has 4 heteroatoms. The van der Waals surface area contributed by atoms with Gasteiger partial charge >= 0.3 is 5.97 Å². The first-order valence-electron chi connectivity index (χ1n) is 10.5. The number of carboxylic acids is 1. The van der Waals surface area contributed by atoms with Gasteiger partial charge in [0.15, 0.2) is 0 Å². The van der Waals surface area contributed by atoms with Gasteiger partial charge in [-0.1, -0.05) is 51.4 Å². The highest BCUT2D eigenvalue weighted by Crippen LogP contribution is 2.24. The minimum Gasteiger partial charge on any atom is -0.481 e. The average molecular weight is 371 g/mol. The van der Waals surface area contributed by atoms with Gasteiger partial charge in [0.2, 0.25) is 0 Å². The minimum absolute atomic E-state index is 0.383. The van der Waals surface area contributed by atoms with Crippen LogP contribution in [-0.2, 0) is 9.59 Å². The lowest BCUT2D eigenvalue weighted by molar-refractivity contribution is -0.147. The van der Waals surface area contributed by atoms with E-state index < -0.39 is 17.0 Å². The topological polar surface area (TPSA) is 74.6 Å². The summed E-state index contributed by atoms with van der Waals surface area (Å²) in [5.41, 5.74) is -1.17. The van der Waals surface area contributed by atoms with Gasteiger partial charge in [-0.2, -0.15) is 0 Å². The van der Waals surface area contributed by atoms with Crippen molar-refractivity contribution in [1.82, 2.24) is 0 Å². The van der Waals surface area contributed by atoms with Gasteiger partial charge in [-0.05, 0) is 53.4 Å². The summed E-state index contributed by atoms with van der Waals surface area (Å²) in [6.07, 6.45) is 13.5. The molecule has 0 saturated heterocycles. The Morgan fingerprint density at radius 1 is 0.654 bits per heavy atom. The molecule has 0 radical (unpaired) electrons. The summed E-state index contributed by atoms with van der Waals surface area (Å²) in [6, 6.07) is 0. The molecule has 0 bridgehead atoms. The van der Waals surface area contributed by atoms with Crippen molar-refractivity contribution in [2.45, 2.75) is 123 Å². The molecular formula is C22H42O4. The maximum Gasteiger partial charge on any atom is 0.309 e. The predicted molar refractivity (Wildman–Crippen MR) is 107 cm³/mol. The Balaban J connectivity index is 3.41. The second kappa shape index (κ2) is 13.3. The molecule has 0 spiro atoms. The van der Waals surface area contributed by atoms with Gasteiger partial charge in [-0.15, -0.1) is 0 Å². The number of carbonyl (C=O) groups is 2. The zero-order valence-corrected chi connectivity index (χ0v) is 17.6. The van der Waals surface area contributed by atoms with E-state index in [0.717, 1.165) is 77.0 Å². The van der Waals surface area contributed by atoms with Crippen LogP contribution in [0.15, 0.2) is 0 Å². The van der Waals surface area contributed by atoms with Crippen molar-refractivity contribution < 1.29 is 19.8 Å². The molecule has 0 fully saturated rings. The van der Waals surface area contributed by atoms with Crippen LogP contribution < -0.4 is 0 Å². The molecule has 0 saturated carbocycles. The number of unbranched alkanes of at least 4 members (excludes halogenated alkanes) is 8. The predicted octanol–water partition coefficient (Wildman–Crippen LogP) is 5.90.